The summed E-state index contributed by atoms with van der Waals surface area (Å²) in [5.41, 5.74) is 0.681. The van der Waals surface area contributed by atoms with E-state index in [2.05, 4.69) is 6.92 Å². The summed E-state index contributed by atoms with van der Waals surface area (Å²) in [6, 6.07) is 7.47. The lowest BCUT2D eigenvalue weighted by molar-refractivity contribution is 0.0679. The third-order valence-electron chi connectivity index (χ3n) is 4.29. The van der Waals surface area contributed by atoms with Crippen LogP contribution in [0.25, 0.3) is 0 Å². The summed E-state index contributed by atoms with van der Waals surface area (Å²) in [6.07, 6.45) is 6.25. The lowest BCUT2D eigenvalue weighted by Gasteiger charge is -2.33. The van der Waals surface area contributed by atoms with Crippen LogP contribution >= 0.6 is 0 Å². The van der Waals surface area contributed by atoms with Gasteiger partial charge in [-0.15, -0.1) is 0 Å². The van der Waals surface area contributed by atoms with Gasteiger partial charge in [-0.1, -0.05) is 6.92 Å². The average Bonchev–Trinajstić information content (AvgIpc) is 2.46. The summed E-state index contributed by atoms with van der Waals surface area (Å²) in [5.74, 6) is 0.853. The fourth-order valence-electron chi connectivity index (χ4n) is 2.79. The SMILES string of the molecule is CC1CCC(N(C)C(=O)c2ccc(S(C)=O)cc2)CC1. The molecule has 4 heteroatoms. The van der Waals surface area contributed by atoms with Gasteiger partial charge in [0.1, 0.15) is 0 Å². The number of amides is 1. The Kier molecular flexibility index (Phi) is 4.97. The fourth-order valence-corrected chi connectivity index (χ4v) is 3.31. The quantitative estimate of drug-likeness (QED) is 0.859. The van der Waals surface area contributed by atoms with Gasteiger partial charge in [-0.3, -0.25) is 9.00 Å². The van der Waals surface area contributed by atoms with Gasteiger partial charge in [0.25, 0.3) is 5.91 Å². The molecule has 0 spiro atoms. The van der Waals surface area contributed by atoms with E-state index < -0.39 is 10.8 Å². The number of benzene rings is 1. The molecule has 110 valence electrons. The zero-order valence-corrected chi connectivity index (χ0v) is 13.3. The first-order valence-electron chi connectivity index (χ1n) is 7.19. The van der Waals surface area contributed by atoms with Crippen molar-refractivity contribution in [3.63, 3.8) is 0 Å². The minimum Gasteiger partial charge on any atom is -0.339 e. The summed E-state index contributed by atoms with van der Waals surface area (Å²) in [6.45, 7) is 2.28. The standard InChI is InChI=1S/C16H23NO2S/c1-12-4-8-14(9-5-12)17(2)16(18)13-6-10-15(11-7-13)20(3)19/h6-7,10-12,14H,4-5,8-9H2,1-3H3. The maximum absolute atomic E-state index is 12.5. The third kappa shape index (κ3) is 3.48. The molecular weight excluding hydrogens is 270 g/mol. The van der Waals surface area contributed by atoms with Gasteiger partial charge in [0.15, 0.2) is 0 Å². The number of hydrogen-bond donors (Lipinski definition) is 0. The molecule has 1 amide bonds. The number of carbonyl (C=O) groups excluding carboxylic acids is 1. The molecule has 20 heavy (non-hydrogen) atoms. The summed E-state index contributed by atoms with van der Waals surface area (Å²) in [4.78, 5) is 15.1. The van der Waals surface area contributed by atoms with Gasteiger partial charge in [0.2, 0.25) is 0 Å². The Morgan fingerprint density at radius 2 is 1.70 bits per heavy atom. The molecule has 1 aliphatic rings. The van der Waals surface area contributed by atoms with E-state index in [1.165, 1.54) is 12.8 Å². The Morgan fingerprint density at radius 1 is 1.15 bits per heavy atom. The van der Waals surface area contributed by atoms with Gasteiger partial charge in [-0.2, -0.15) is 0 Å². The van der Waals surface area contributed by atoms with E-state index in [-0.39, 0.29) is 5.91 Å². The Labute approximate surface area is 123 Å². The van der Waals surface area contributed by atoms with Crippen LogP contribution in [0, 0.1) is 5.92 Å². The lowest BCUT2D eigenvalue weighted by Crippen LogP contribution is -2.39. The van der Waals surface area contributed by atoms with Crippen LogP contribution in [-0.2, 0) is 10.8 Å². The molecule has 0 aromatic heterocycles. The van der Waals surface area contributed by atoms with E-state index in [0.717, 1.165) is 23.7 Å². The Bertz CT molecular complexity index is 490. The molecule has 0 heterocycles. The van der Waals surface area contributed by atoms with Crippen molar-refractivity contribution in [1.82, 2.24) is 4.90 Å². The third-order valence-corrected chi connectivity index (χ3v) is 5.22. The Hall–Kier alpha value is -1.16. The summed E-state index contributed by atoms with van der Waals surface area (Å²) < 4.78 is 11.4. The highest BCUT2D eigenvalue weighted by molar-refractivity contribution is 7.84. The molecule has 0 aliphatic heterocycles. The molecule has 3 nitrogen and oxygen atoms in total. The Balaban J connectivity index is 2.04. The van der Waals surface area contributed by atoms with Crippen molar-refractivity contribution in [2.75, 3.05) is 13.3 Å². The van der Waals surface area contributed by atoms with Gasteiger partial charge in [0, 0.05) is 40.6 Å². The zero-order valence-electron chi connectivity index (χ0n) is 12.5. The van der Waals surface area contributed by atoms with E-state index in [1.807, 2.05) is 11.9 Å². The smallest absolute Gasteiger partial charge is 0.253 e. The second-order valence-electron chi connectivity index (χ2n) is 5.81. The van der Waals surface area contributed by atoms with Crippen LogP contribution in [-0.4, -0.2) is 34.4 Å². The lowest BCUT2D eigenvalue weighted by atomic mass is 9.86. The summed E-state index contributed by atoms with van der Waals surface area (Å²) >= 11 is 0. The Morgan fingerprint density at radius 3 is 2.20 bits per heavy atom. The maximum Gasteiger partial charge on any atom is 0.253 e. The topological polar surface area (TPSA) is 37.4 Å². The van der Waals surface area contributed by atoms with Crippen LogP contribution in [0.4, 0.5) is 0 Å². The van der Waals surface area contributed by atoms with Gasteiger partial charge in [-0.25, -0.2) is 0 Å². The number of nitrogens with zero attached hydrogens (tertiary/aromatic N) is 1. The second-order valence-corrected chi connectivity index (χ2v) is 7.19. The largest absolute Gasteiger partial charge is 0.339 e. The van der Waals surface area contributed by atoms with Crippen molar-refractivity contribution >= 4 is 16.7 Å². The van der Waals surface area contributed by atoms with E-state index in [0.29, 0.717) is 11.6 Å². The molecule has 0 radical (unpaired) electrons. The van der Waals surface area contributed by atoms with Crippen LogP contribution in [0.5, 0.6) is 0 Å². The number of rotatable bonds is 3. The van der Waals surface area contributed by atoms with Crippen LogP contribution in [0.15, 0.2) is 29.2 Å². The molecule has 1 saturated carbocycles. The monoisotopic (exact) mass is 293 g/mol. The van der Waals surface area contributed by atoms with E-state index in [9.17, 15) is 9.00 Å². The van der Waals surface area contributed by atoms with Crippen molar-refractivity contribution in [3.05, 3.63) is 29.8 Å². The summed E-state index contributed by atoms with van der Waals surface area (Å²) in [5, 5.41) is 0. The van der Waals surface area contributed by atoms with Crippen molar-refractivity contribution in [2.24, 2.45) is 5.92 Å². The predicted octanol–water partition coefficient (Wildman–Crippen LogP) is 3.07. The first-order chi connectivity index (χ1) is 9.49. The summed E-state index contributed by atoms with van der Waals surface area (Å²) in [7, 11) is 0.903. The molecule has 0 saturated heterocycles. The first-order valence-corrected chi connectivity index (χ1v) is 8.75. The molecule has 0 bridgehead atoms. The highest BCUT2D eigenvalue weighted by Crippen LogP contribution is 2.27. The van der Waals surface area contributed by atoms with E-state index in [1.54, 1.807) is 30.5 Å². The molecule has 1 aromatic rings. The molecule has 0 N–H and O–H groups in total. The van der Waals surface area contributed by atoms with Gasteiger partial charge in [-0.05, 0) is 55.9 Å². The molecule has 1 atom stereocenters. The van der Waals surface area contributed by atoms with Gasteiger partial charge >= 0.3 is 0 Å². The van der Waals surface area contributed by atoms with E-state index >= 15 is 0 Å². The maximum atomic E-state index is 12.5. The van der Waals surface area contributed by atoms with Crippen molar-refractivity contribution in [3.8, 4) is 0 Å². The minimum atomic E-state index is -0.994. The minimum absolute atomic E-state index is 0.0676. The van der Waals surface area contributed by atoms with Crippen molar-refractivity contribution in [2.45, 2.75) is 43.5 Å². The first kappa shape index (κ1) is 15.2. The number of hydrogen-bond acceptors (Lipinski definition) is 2. The van der Waals surface area contributed by atoms with Crippen LogP contribution in [0.1, 0.15) is 43.0 Å². The molecule has 1 aromatic carbocycles. The van der Waals surface area contributed by atoms with Crippen molar-refractivity contribution in [1.29, 1.82) is 0 Å². The normalized spacial score (nSPS) is 24.1. The van der Waals surface area contributed by atoms with Gasteiger partial charge in [0.05, 0.1) is 0 Å². The van der Waals surface area contributed by atoms with E-state index in [4.69, 9.17) is 0 Å². The van der Waals surface area contributed by atoms with Gasteiger partial charge < -0.3 is 4.90 Å². The molecule has 1 unspecified atom stereocenters. The highest BCUT2D eigenvalue weighted by Gasteiger charge is 2.25. The van der Waals surface area contributed by atoms with Crippen LogP contribution in [0.3, 0.4) is 0 Å². The number of carbonyl (C=O) groups is 1. The zero-order chi connectivity index (χ0) is 14.7. The molecule has 1 aliphatic carbocycles. The molecule has 2 rings (SSSR count). The predicted molar refractivity (Wildman–Crippen MR) is 82.3 cm³/mol. The molecular formula is C16H23NO2S. The second kappa shape index (κ2) is 6.53. The van der Waals surface area contributed by atoms with Crippen molar-refractivity contribution < 1.29 is 9.00 Å². The van der Waals surface area contributed by atoms with Crippen LogP contribution < -0.4 is 0 Å². The average molecular weight is 293 g/mol. The molecule has 1 fully saturated rings. The highest BCUT2D eigenvalue weighted by atomic mass is 32.2. The fraction of sp³-hybridized carbons (Fsp3) is 0.562. The van der Waals surface area contributed by atoms with Crippen LogP contribution in [0.2, 0.25) is 0 Å².